The number of nitrogens with one attached hydrogen (secondary N) is 2. The lowest BCUT2D eigenvalue weighted by atomic mass is 10.1. The SMILES string of the molecule is C[C@@H]1CN([C@@H](CNC(=O)c2cccnc2Nc2cccc(F)c2)c2cccs2)CCO1. The van der Waals surface area contributed by atoms with Crippen LogP contribution in [0.1, 0.15) is 28.2 Å². The third-order valence-electron chi connectivity index (χ3n) is 5.18. The first-order chi connectivity index (χ1) is 15.1. The molecule has 162 valence electrons. The average Bonchev–Trinajstić information content (AvgIpc) is 3.29. The minimum absolute atomic E-state index is 0.0756. The summed E-state index contributed by atoms with van der Waals surface area (Å²) in [4.78, 5) is 20.9. The molecular weight excluding hydrogens is 415 g/mol. The van der Waals surface area contributed by atoms with Crippen LogP contribution in [0.3, 0.4) is 0 Å². The summed E-state index contributed by atoms with van der Waals surface area (Å²) in [6, 6.07) is 13.7. The van der Waals surface area contributed by atoms with Crippen LogP contribution in [-0.4, -0.2) is 48.1 Å². The van der Waals surface area contributed by atoms with E-state index in [1.807, 2.05) is 6.07 Å². The maximum atomic E-state index is 13.5. The van der Waals surface area contributed by atoms with Gasteiger partial charge in [-0.15, -0.1) is 11.3 Å². The normalized spacial score (nSPS) is 17.8. The van der Waals surface area contributed by atoms with Gasteiger partial charge in [0, 0.05) is 36.4 Å². The summed E-state index contributed by atoms with van der Waals surface area (Å²) in [7, 11) is 0. The van der Waals surface area contributed by atoms with Crippen molar-refractivity contribution in [3.05, 3.63) is 76.4 Å². The van der Waals surface area contributed by atoms with Crippen molar-refractivity contribution in [2.24, 2.45) is 0 Å². The quantitative estimate of drug-likeness (QED) is 0.576. The van der Waals surface area contributed by atoms with Crippen molar-refractivity contribution in [1.29, 1.82) is 0 Å². The van der Waals surface area contributed by atoms with Gasteiger partial charge in [-0.3, -0.25) is 9.69 Å². The van der Waals surface area contributed by atoms with Crippen molar-refractivity contribution < 1.29 is 13.9 Å². The number of carbonyl (C=O) groups excluding carboxylic acids is 1. The first-order valence-corrected chi connectivity index (χ1v) is 11.1. The van der Waals surface area contributed by atoms with Crippen LogP contribution in [0.4, 0.5) is 15.9 Å². The highest BCUT2D eigenvalue weighted by molar-refractivity contribution is 7.10. The van der Waals surface area contributed by atoms with Gasteiger partial charge in [0.15, 0.2) is 0 Å². The lowest BCUT2D eigenvalue weighted by Crippen LogP contribution is -2.46. The van der Waals surface area contributed by atoms with Crippen LogP contribution in [-0.2, 0) is 4.74 Å². The van der Waals surface area contributed by atoms with E-state index in [0.717, 1.165) is 13.1 Å². The fourth-order valence-corrected chi connectivity index (χ4v) is 4.56. The number of nitrogens with zero attached hydrogens (tertiary/aromatic N) is 2. The summed E-state index contributed by atoms with van der Waals surface area (Å²) in [5.74, 6) is -0.196. The molecule has 1 amide bonds. The molecule has 6 nitrogen and oxygen atoms in total. The molecular formula is C23H25FN4O2S. The van der Waals surface area contributed by atoms with E-state index in [2.05, 4.69) is 38.9 Å². The number of amides is 1. The molecule has 1 aliphatic heterocycles. The Kier molecular flexibility index (Phi) is 6.91. The van der Waals surface area contributed by atoms with E-state index in [-0.39, 0.29) is 23.9 Å². The standard InChI is InChI=1S/C23H25FN4O2S/c1-16-15-28(10-11-30-16)20(21-8-4-12-31-21)14-26-23(29)19-7-3-9-25-22(19)27-18-6-2-5-17(24)13-18/h2-9,12-13,16,20H,10-11,14-15H2,1H3,(H,25,27)(H,26,29)/t16-,20+/m1/s1. The molecule has 4 rings (SSSR count). The molecule has 0 unspecified atom stereocenters. The summed E-state index contributed by atoms with van der Waals surface area (Å²) in [5.41, 5.74) is 0.943. The Hall–Kier alpha value is -2.81. The van der Waals surface area contributed by atoms with Gasteiger partial charge >= 0.3 is 0 Å². The van der Waals surface area contributed by atoms with E-state index >= 15 is 0 Å². The number of ether oxygens (including phenoxy) is 1. The van der Waals surface area contributed by atoms with Gasteiger partial charge in [-0.25, -0.2) is 9.37 Å². The van der Waals surface area contributed by atoms with E-state index in [4.69, 9.17) is 4.74 Å². The summed E-state index contributed by atoms with van der Waals surface area (Å²) < 4.78 is 19.2. The zero-order chi connectivity index (χ0) is 21.6. The molecule has 0 radical (unpaired) electrons. The molecule has 2 aromatic heterocycles. The van der Waals surface area contributed by atoms with E-state index in [1.54, 1.807) is 41.8 Å². The molecule has 8 heteroatoms. The number of thiophene rings is 1. The zero-order valence-electron chi connectivity index (χ0n) is 17.3. The number of morpholine rings is 1. The largest absolute Gasteiger partial charge is 0.376 e. The molecule has 2 atom stereocenters. The second-order valence-electron chi connectivity index (χ2n) is 7.45. The first kappa shape index (κ1) is 21.4. The summed E-state index contributed by atoms with van der Waals surface area (Å²) in [6.45, 7) is 4.86. The van der Waals surface area contributed by atoms with E-state index in [9.17, 15) is 9.18 Å². The van der Waals surface area contributed by atoms with Gasteiger partial charge < -0.3 is 15.4 Å². The van der Waals surface area contributed by atoms with Crippen LogP contribution in [0.2, 0.25) is 0 Å². The molecule has 1 fully saturated rings. The van der Waals surface area contributed by atoms with E-state index in [0.29, 0.717) is 30.2 Å². The third-order valence-corrected chi connectivity index (χ3v) is 6.15. The smallest absolute Gasteiger partial charge is 0.255 e. The fraction of sp³-hybridized carbons (Fsp3) is 0.304. The Balaban J connectivity index is 1.48. The number of halogens is 1. The maximum Gasteiger partial charge on any atom is 0.255 e. The fourth-order valence-electron chi connectivity index (χ4n) is 3.69. The van der Waals surface area contributed by atoms with Crippen LogP contribution in [0, 0.1) is 5.82 Å². The molecule has 0 bridgehead atoms. The van der Waals surface area contributed by atoms with Crippen molar-refractivity contribution in [2.45, 2.75) is 19.1 Å². The second kappa shape index (κ2) is 10.00. The minimum Gasteiger partial charge on any atom is -0.376 e. The lowest BCUT2D eigenvalue weighted by molar-refractivity contribution is -0.0336. The molecule has 1 aliphatic rings. The molecule has 0 saturated carbocycles. The number of hydrogen-bond acceptors (Lipinski definition) is 6. The summed E-state index contributed by atoms with van der Waals surface area (Å²) >= 11 is 1.69. The average molecular weight is 441 g/mol. The van der Waals surface area contributed by atoms with Crippen molar-refractivity contribution in [1.82, 2.24) is 15.2 Å². The Labute approximate surface area is 185 Å². The number of carbonyl (C=O) groups is 1. The Bertz CT molecular complexity index is 1010. The van der Waals surface area contributed by atoms with Gasteiger partial charge in [0.2, 0.25) is 0 Å². The molecule has 2 N–H and O–H groups in total. The van der Waals surface area contributed by atoms with Crippen LogP contribution in [0.5, 0.6) is 0 Å². The van der Waals surface area contributed by atoms with Crippen molar-refractivity contribution >= 4 is 28.7 Å². The molecule has 3 heterocycles. The van der Waals surface area contributed by atoms with E-state index in [1.165, 1.54) is 17.0 Å². The lowest BCUT2D eigenvalue weighted by Gasteiger charge is -2.37. The van der Waals surface area contributed by atoms with Gasteiger partial charge in [0.1, 0.15) is 11.6 Å². The van der Waals surface area contributed by atoms with Gasteiger partial charge in [0.05, 0.1) is 24.3 Å². The molecule has 3 aromatic rings. The third kappa shape index (κ3) is 5.46. The van der Waals surface area contributed by atoms with Crippen LogP contribution >= 0.6 is 11.3 Å². The van der Waals surface area contributed by atoms with Crippen molar-refractivity contribution in [3.8, 4) is 0 Å². The number of hydrogen-bond donors (Lipinski definition) is 2. The number of rotatable bonds is 7. The van der Waals surface area contributed by atoms with E-state index < -0.39 is 0 Å². The highest BCUT2D eigenvalue weighted by Crippen LogP contribution is 2.27. The predicted molar refractivity (Wildman–Crippen MR) is 120 cm³/mol. The molecule has 1 saturated heterocycles. The van der Waals surface area contributed by atoms with Gasteiger partial charge in [-0.2, -0.15) is 0 Å². The highest BCUT2D eigenvalue weighted by atomic mass is 32.1. The number of aromatic nitrogens is 1. The summed E-state index contributed by atoms with van der Waals surface area (Å²) in [6.07, 6.45) is 1.76. The van der Waals surface area contributed by atoms with Crippen LogP contribution in [0.25, 0.3) is 0 Å². The number of anilines is 2. The zero-order valence-corrected chi connectivity index (χ0v) is 18.1. The molecule has 1 aromatic carbocycles. The predicted octanol–water partition coefficient (Wildman–Crippen LogP) is 4.22. The van der Waals surface area contributed by atoms with Crippen molar-refractivity contribution in [2.75, 3.05) is 31.6 Å². The van der Waals surface area contributed by atoms with Crippen molar-refractivity contribution in [3.63, 3.8) is 0 Å². The van der Waals surface area contributed by atoms with Crippen LogP contribution in [0.15, 0.2) is 60.1 Å². The number of benzene rings is 1. The first-order valence-electron chi connectivity index (χ1n) is 10.2. The topological polar surface area (TPSA) is 66.5 Å². The van der Waals surface area contributed by atoms with Gasteiger partial charge in [-0.05, 0) is 48.7 Å². The minimum atomic E-state index is -0.356. The molecule has 0 spiro atoms. The number of pyridine rings is 1. The summed E-state index contributed by atoms with van der Waals surface area (Å²) in [5, 5.41) is 8.16. The molecule has 31 heavy (non-hydrogen) atoms. The maximum absolute atomic E-state index is 13.5. The monoisotopic (exact) mass is 440 g/mol. The highest BCUT2D eigenvalue weighted by Gasteiger charge is 2.27. The van der Waals surface area contributed by atoms with Crippen LogP contribution < -0.4 is 10.6 Å². The van der Waals surface area contributed by atoms with Gasteiger partial charge in [-0.1, -0.05) is 12.1 Å². The molecule has 0 aliphatic carbocycles. The Morgan fingerprint density at radius 1 is 1.32 bits per heavy atom. The Morgan fingerprint density at radius 3 is 3.00 bits per heavy atom. The van der Waals surface area contributed by atoms with Gasteiger partial charge in [0.25, 0.3) is 5.91 Å². The Morgan fingerprint density at radius 2 is 2.23 bits per heavy atom. The second-order valence-corrected chi connectivity index (χ2v) is 8.43.